The lowest BCUT2D eigenvalue weighted by Gasteiger charge is -2.24. The van der Waals surface area contributed by atoms with Crippen LogP contribution in [0.2, 0.25) is 0 Å². The van der Waals surface area contributed by atoms with E-state index in [1.807, 2.05) is 6.26 Å². The third-order valence-electron chi connectivity index (χ3n) is 5.79. The molecule has 0 radical (unpaired) electrons. The number of thioether (sulfide) groups is 1. The topological polar surface area (TPSA) is 211 Å². The summed E-state index contributed by atoms with van der Waals surface area (Å²) >= 11 is 1.51. The van der Waals surface area contributed by atoms with Crippen molar-refractivity contribution in [1.29, 1.82) is 0 Å². The number of hydrogen-bond acceptors (Lipinski definition) is 9. The van der Waals surface area contributed by atoms with E-state index in [0.29, 0.717) is 23.3 Å². The third kappa shape index (κ3) is 10.5. The van der Waals surface area contributed by atoms with E-state index in [1.165, 1.54) is 48.2 Å². The van der Waals surface area contributed by atoms with Crippen LogP contribution in [0.15, 0.2) is 48.5 Å². The van der Waals surface area contributed by atoms with E-state index < -0.39 is 54.5 Å². The van der Waals surface area contributed by atoms with Crippen LogP contribution in [0.3, 0.4) is 0 Å². The van der Waals surface area contributed by atoms with E-state index in [9.17, 15) is 39.6 Å². The predicted molar refractivity (Wildman–Crippen MR) is 145 cm³/mol. The van der Waals surface area contributed by atoms with Crippen LogP contribution >= 0.6 is 11.8 Å². The number of carbonyl (C=O) groups is 4. The molecule has 0 saturated carbocycles. The van der Waals surface area contributed by atoms with Gasteiger partial charge < -0.3 is 42.1 Å². The number of benzene rings is 2. The number of hydrogen-bond donors (Lipinski definition) is 8. The monoisotopic (exact) mass is 562 g/mol. The van der Waals surface area contributed by atoms with Crippen LogP contribution in [0.4, 0.5) is 0 Å². The highest BCUT2D eigenvalue weighted by Crippen LogP contribution is 2.13. The molecule has 4 atom stereocenters. The van der Waals surface area contributed by atoms with Crippen molar-refractivity contribution in [1.82, 2.24) is 16.0 Å². The zero-order valence-corrected chi connectivity index (χ0v) is 22.2. The summed E-state index contributed by atoms with van der Waals surface area (Å²) in [5.74, 6) is -3.01. The maximum absolute atomic E-state index is 13.2. The van der Waals surface area contributed by atoms with Gasteiger partial charge in [-0.25, -0.2) is 4.79 Å². The van der Waals surface area contributed by atoms with Crippen LogP contribution in [-0.4, -0.2) is 86.9 Å². The molecule has 3 amide bonds. The summed E-state index contributed by atoms with van der Waals surface area (Å²) in [6.45, 7) is -0.837. The van der Waals surface area contributed by atoms with Crippen molar-refractivity contribution in [2.45, 2.75) is 43.4 Å². The van der Waals surface area contributed by atoms with Crippen molar-refractivity contribution in [2.24, 2.45) is 5.73 Å². The zero-order chi connectivity index (χ0) is 28.9. The minimum atomic E-state index is -1.51. The van der Waals surface area contributed by atoms with Crippen molar-refractivity contribution in [3.8, 4) is 11.5 Å². The maximum Gasteiger partial charge on any atom is 0.326 e. The Morgan fingerprint density at radius 3 is 1.67 bits per heavy atom. The van der Waals surface area contributed by atoms with Gasteiger partial charge in [0.15, 0.2) is 0 Å². The Bertz CT molecular complexity index is 1110. The number of carboxylic acid groups (broad SMARTS) is 1. The largest absolute Gasteiger partial charge is 0.508 e. The van der Waals surface area contributed by atoms with Gasteiger partial charge in [-0.3, -0.25) is 14.4 Å². The van der Waals surface area contributed by atoms with Gasteiger partial charge in [0.05, 0.1) is 12.6 Å². The lowest BCUT2D eigenvalue weighted by atomic mass is 10.0. The summed E-state index contributed by atoms with van der Waals surface area (Å²) in [6.07, 6.45) is 2.12. The number of phenols is 2. The Morgan fingerprint density at radius 1 is 0.769 bits per heavy atom. The lowest BCUT2D eigenvalue weighted by Crippen LogP contribution is -2.58. The fourth-order valence-electron chi connectivity index (χ4n) is 3.54. The maximum atomic E-state index is 13.2. The lowest BCUT2D eigenvalue weighted by molar-refractivity contribution is -0.142. The summed E-state index contributed by atoms with van der Waals surface area (Å²) in [6, 6.07) is 6.77. The van der Waals surface area contributed by atoms with Gasteiger partial charge in [0.2, 0.25) is 17.7 Å². The number of amides is 3. The molecule has 2 aromatic carbocycles. The Balaban J connectivity index is 2.14. The number of nitrogens with one attached hydrogen (secondary N) is 3. The quantitative estimate of drug-likeness (QED) is 0.139. The van der Waals surface area contributed by atoms with E-state index in [1.54, 1.807) is 12.1 Å². The molecule has 2 aromatic rings. The summed E-state index contributed by atoms with van der Waals surface area (Å²) in [5, 5.41) is 45.6. The molecule has 0 aromatic heterocycles. The van der Waals surface area contributed by atoms with Gasteiger partial charge in [-0.05, 0) is 53.8 Å². The molecular formula is C26H34N4O8S. The summed E-state index contributed by atoms with van der Waals surface area (Å²) in [5.41, 5.74) is 7.05. The highest BCUT2D eigenvalue weighted by molar-refractivity contribution is 7.98. The second kappa shape index (κ2) is 15.6. The molecule has 4 unspecified atom stereocenters. The van der Waals surface area contributed by atoms with Gasteiger partial charge in [0, 0.05) is 12.8 Å². The number of aromatic hydroxyl groups is 2. The molecule has 12 nitrogen and oxygen atoms in total. The molecular weight excluding hydrogens is 528 g/mol. The van der Waals surface area contributed by atoms with Gasteiger partial charge in [-0.2, -0.15) is 11.8 Å². The van der Waals surface area contributed by atoms with Crippen LogP contribution in [0.25, 0.3) is 0 Å². The first-order valence-corrected chi connectivity index (χ1v) is 13.5. The normalized spacial score (nSPS) is 13.9. The standard InChI is InChI=1S/C26H34N4O8S/c1-39-11-10-19(27)23(34)28-20(12-15-2-6-17(32)7-3-15)24(35)30-22(14-31)25(36)29-21(26(37)38)13-16-4-8-18(33)9-5-16/h2-9,19-22,31-33H,10-14,27H2,1H3,(H,28,34)(H,29,36)(H,30,35)(H,37,38). The Hall–Kier alpha value is -3.81. The van der Waals surface area contributed by atoms with Gasteiger partial charge in [-0.15, -0.1) is 0 Å². The molecule has 0 spiro atoms. The molecule has 13 heteroatoms. The third-order valence-corrected chi connectivity index (χ3v) is 6.43. The number of carboxylic acids is 1. The Labute approximate surface area is 230 Å². The first-order chi connectivity index (χ1) is 18.5. The molecule has 0 heterocycles. The molecule has 0 aliphatic carbocycles. The second-order valence-electron chi connectivity index (χ2n) is 8.83. The summed E-state index contributed by atoms with van der Waals surface area (Å²) in [7, 11) is 0. The minimum absolute atomic E-state index is 0.00289. The molecule has 212 valence electrons. The van der Waals surface area contributed by atoms with Crippen molar-refractivity contribution in [3.05, 3.63) is 59.7 Å². The van der Waals surface area contributed by atoms with E-state index >= 15 is 0 Å². The van der Waals surface area contributed by atoms with E-state index in [2.05, 4.69) is 16.0 Å². The number of phenolic OH excluding ortho intramolecular Hbond substituents is 2. The summed E-state index contributed by atoms with van der Waals surface area (Å²) < 4.78 is 0. The predicted octanol–water partition coefficient (Wildman–Crippen LogP) is -0.505. The van der Waals surface area contributed by atoms with Crippen LogP contribution in [0.5, 0.6) is 11.5 Å². The molecule has 0 bridgehead atoms. The van der Waals surface area contributed by atoms with E-state index in [-0.39, 0.29) is 24.3 Å². The molecule has 0 fully saturated rings. The molecule has 9 N–H and O–H groups in total. The van der Waals surface area contributed by atoms with Crippen LogP contribution in [0.1, 0.15) is 17.5 Å². The molecule has 0 aliphatic rings. The first kappa shape index (κ1) is 31.4. The zero-order valence-electron chi connectivity index (χ0n) is 21.4. The molecule has 39 heavy (non-hydrogen) atoms. The van der Waals surface area contributed by atoms with E-state index in [4.69, 9.17) is 5.73 Å². The molecule has 0 saturated heterocycles. The Morgan fingerprint density at radius 2 is 1.21 bits per heavy atom. The molecule has 0 aliphatic heterocycles. The van der Waals surface area contributed by atoms with Crippen LogP contribution < -0.4 is 21.7 Å². The number of aliphatic hydroxyl groups excluding tert-OH is 1. The average molecular weight is 563 g/mol. The fourth-order valence-corrected chi connectivity index (χ4v) is 4.03. The minimum Gasteiger partial charge on any atom is -0.508 e. The van der Waals surface area contributed by atoms with Gasteiger partial charge in [0.25, 0.3) is 0 Å². The average Bonchev–Trinajstić information content (AvgIpc) is 2.91. The number of rotatable bonds is 15. The van der Waals surface area contributed by atoms with Crippen molar-refractivity contribution in [3.63, 3.8) is 0 Å². The van der Waals surface area contributed by atoms with E-state index in [0.717, 1.165) is 0 Å². The highest BCUT2D eigenvalue weighted by Gasteiger charge is 2.30. The number of nitrogens with two attached hydrogens (primary N) is 1. The first-order valence-electron chi connectivity index (χ1n) is 12.1. The van der Waals surface area contributed by atoms with Crippen molar-refractivity contribution in [2.75, 3.05) is 18.6 Å². The van der Waals surface area contributed by atoms with Gasteiger partial charge in [0.1, 0.15) is 29.6 Å². The summed E-state index contributed by atoms with van der Waals surface area (Å²) in [4.78, 5) is 50.3. The highest BCUT2D eigenvalue weighted by atomic mass is 32.2. The van der Waals surface area contributed by atoms with Gasteiger partial charge >= 0.3 is 5.97 Å². The smallest absolute Gasteiger partial charge is 0.326 e. The van der Waals surface area contributed by atoms with Crippen molar-refractivity contribution >= 4 is 35.5 Å². The SMILES string of the molecule is CSCCC(N)C(=O)NC(Cc1ccc(O)cc1)C(=O)NC(CO)C(=O)NC(Cc1ccc(O)cc1)C(=O)O. The number of aliphatic carboxylic acids is 1. The molecule has 2 rings (SSSR count). The fraction of sp³-hybridized carbons (Fsp3) is 0.385. The van der Waals surface area contributed by atoms with Gasteiger partial charge in [-0.1, -0.05) is 24.3 Å². The number of aliphatic hydroxyl groups is 1. The second-order valence-corrected chi connectivity index (χ2v) is 9.82. The van der Waals surface area contributed by atoms with Crippen LogP contribution in [0, 0.1) is 0 Å². The number of carbonyl (C=O) groups excluding carboxylic acids is 3. The Kier molecular flexibility index (Phi) is 12.5. The van der Waals surface area contributed by atoms with Crippen LogP contribution in [-0.2, 0) is 32.0 Å². The van der Waals surface area contributed by atoms with Crippen molar-refractivity contribution < 1.29 is 39.6 Å².